The molecule has 154 valence electrons. The Bertz CT molecular complexity index is 1090. The first kappa shape index (κ1) is 21.0. The number of nitro groups is 1. The Morgan fingerprint density at radius 1 is 1.00 bits per heavy atom. The van der Waals surface area contributed by atoms with Crippen molar-refractivity contribution in [1.29, 1.82) is 0 Å². The van der Waals surface area contributed by atoms with E-state index in [2.05, 4.69) is 5.32 Å². The molecule has 1 aliphatic rings. The highest BCUT2D eigenvalue weighted by Crippen LogP contribution is 2.42. The van der Waals surface area contributed by atoms with Crippen LogP contribution in [-0.2, 0) is 14.6 Å². The van der Waals surface area contributed by atoms with Gasteiger partial charge in [0.2, 0.25) is 5.91 Å². The maximum atomic E-state index is 13.5. The van der Waals surface area contributed by atoms with Gasteiger partial charge in [0.25, 0.3) is 5.69 Å². The van der Waals surface area contributed by atoms with Gasteiger partial charge in [0.15, 0.2) is 14.6 Å². The van der Waals surface area contributed by atoms with Crippen molar-refractivity contribution in [3.8, 4) is 0 Å². The van der Waals surface area contributed by atoms with Gasteiger partial charge in [-0.3, -0.25) is 14.9 Å². The zero-order chi connectivity index (χ0) is 21.4. The third kappa shape index (κ3) is 3.64. The highest BCUT2D eigenvalue weighted by Gasteiger charge is 2.53. The number of hydrogen-bond acceptors (Lipinski definition) is 5. The minimum atomic E-state index is -3.94. The fourth-order valence-corrected chi connectivity index (χ4v) is 5.92. The topological polar surface area (TPSA) is 106 Å². The van der Waals surface area contributed by atoms with Gasteiger partial charge in [0.1, 0.15) is 0 Å². The molecule has 7 nitrogen and oxygen atoms in total. The lowest BCUT2D eigenvalue weighted by molar-refractivity contribution is -0.384. The average molecular weight is 416 g/mol. The number of benzene rings is 2. The molecule has 0 saturated heterocycles. The Labute approximate surface area is 170 Å². The SMILES string of the molecule is Cc1ccc(S(=O)(=O)C2(C(=O)Nc3cc([N+](=O)[O-])ccc3C)CCCC2)cc1C. The second kappa shape index (κ2) is 7.59. The molecule has 29 heavy (non-hydrogen) atoms. The molecular formula is C21H24N2O5S. The standard InChI is InChI=1S/C21H24N2O5S/c1-14-7-9-18(12-16(14)3)29(27,28)21(10-4-5-11-21)20(24)22-19-13-17(23(25)26)8-6-15(19)2/h6-9,12-13H,4-5,10-11H2,1-3H3,(H,22,24). The van der Waals surface area contributed by atoms with Gasteiger partial charge in [0.05, 0.1) is 15.5 Å². The Morgan fingerprint density at radius 2 is 1.62 bits per heavy atom. The van der Waals surface area contributed by atoms with Crippen molar-refractivity contribution in [2.45, 2.75) is 56.1 Å². The maximum Gasteiger partial charge on any atom is 0.271 e. The molecule has 3 rings (SSSR count). The summed E-state index contributed by atoms with van der Waals surface area (Å²) in [6, 6.07) is 9.04. The summed E-state index contributed by atoms with van der Waals surface area (Å²) in [7, 11) is -3.94. The summed E-state index contributed by atoms with van der Waals surface area (Å²) in [5.74, 6) is -0.628. The largest absolute Gasteiger partial charge is 0.324 e. The van der Waals surface area contributed by atoms with Crippen molar-refractivity contribution in [2.24, 2.45) is 0 Å². The molecule has 0 heterocycles. The number of rotatable bonds is 5. The summed E-state index contributed by atoms with van der Waals surface area (Å²) in [4.78, 5) is 23.9. The number of sulfone groups is 1. The van der Waals surface area contributed by atoms with E-state index >= 15 is 0 Å². The zero-order valence-electron chi connectivity index (χ0n) is 16.7. The molecule has 1 amide bonds. The minimum Gasteiger partial charge on any atom is -0.324 e. The van der Waals surface area contributed by atoms with Crippen molar-refractivity contribution in [3.05, 3.63) is 63.2 Å². The Hall–Kier alpha value is -2.74. The molecule has 2 aromatic carbocycles. The van der Waals surface area contributed by atoms with E-state index in [0.717, 1.165) is 11.1 Å². The number of nitro benzene ring substituents is 1. The van der Waals surface area contributed by atoms with E-state index in [4.69, 9.17) is 0 Å². The normalized spacial score (nSPS) is 15.8. The fraction of sp³-hybridized carbons (Fsp3) is 0.381. The van der Waals surface area contributed by atoms with Crippen LogP contribution in [0.1, 0.15) is 42.4 Å². The van der Waals surface area contributed by atoms with E-state index in [0.29, 0.717) is 18.4 Å². The molecule has 0 radical (unpaired) electrons. The number of hydrogen-bond donors (Lipinski definition) is 1. The molecule has 1 N–H and O–H groups in total. The van der Waals surface area contributed by atoms with E-state index in [1.165, 1.54) is 18.2 Å². The maximum absolute atomic E-state index is 13.5. The van der Waals surface area contributed by atoms with Crippen molar-refractivity contribution >= 4 is 27.1 Å². The second-order valence-corrected chi connectivity index (χ2v) is 9.92. The van der Waals surface area contributed by atoms with Crippen molar-refractivity contribution in [1.82, 2.24) is 0 Å². The number of carbonyl (C=O) groups is 1. The quantitative estimate of drug-likeness (QED) is 0.579. The lowest BCUT2D eigenvalue weighted by atomic mass is 10.1. The molecule has 1 aliphatic carbocycles. The summed E-state index contributed by atoms with van der Waals surface area (Å²) >= 11 is 0. The predicted octanol–water partition coefficient (Wildman–Crippen LogP) is 4.25. The molecule has 0 unspecified atom stereocenters. The van der Waals surface area contributed by atoms with Crippen LogP contribution in [0.15, 0.2) is 41.3 Å². The fourth-order valence-electron chi connectivity index (χ4n) is 3.77. The van der Waals surface area contributed by atoms with Gasteiger partial charge in [0, 0.05) is 12.1 Å². The average Bonchev–Trinajstić information content (AvgIpc) is 3.17. The summed E-state index contributed by atoms with van der Waals surface area (Å²) in [6.07, 6.45) is 1.71. The zero-order valence-corrected chi connectivity index (χ0v) is 17.5. The Morgan fingerprint density at radius 3 is 2.21 bits per heavy atom. The molecule has 1 saturated carbocycles. The molecule has 0 aromatic heterocycles. The summed E-state index contributed by atoms with van der Waals surface area (Å²) in [5.41, 5.74) is 2.53. The van der Waals surface area contributed by atoms with E-state index in [-0.39, 0.29) is 29.1 Å². The van der Waals surface area contributed by atoms with Crippen molar-refractivity contribution in [2.75, 3.05) is 5.32 Å². The first-order chi connectivity index (χ1) is 13.6. The van der Waals surface area contributed by atoms with Crippen LogP contribution < -0.4 is 5.32 Å². The highest BCUT2D eigenvalue weighted by molar-refractivity contribution is 7.93. The first-order valence-electron chi connectivity index (χ1n) is 9.47. The van der Waals surface area contributed by atoms with Crippen LogP contribution in [0.3, 0.4) is 0 Å². The van der Waals surface area contributed by atoms with E-state index in [1.807, 2.05) is 13.8 Å². The number of amides is 1. The van der Waals surface area contributed by atoms with Crippen LogP contribution in [0.25, 0.3) is 0 Å². The van der Waals surface area contributed by atoms with Crippen molar-refractivity contribution in [3.63, 3.8) is 0 Å². The molecule has 0 aliphatic heterocycles. The molecule has 2 aromatic rings. The molecular weight excluding hydrogens is 392 g/mol. The summed E-state index contributed by atoms with van der Waals surface area (Å²) in [6.45, 7) is 5.44. The monoisotopic (exact) mass is 416 g/mol. The third-order valence-corrected chi connectivity index (χ3v) is 8.31. The first-order valence-corrected chi connectivity index (χ1v) is 11.0. The van der Waals surface area contributed by atoms with Gasteiger partial charge >= 0.3 is 0 Å². The molecule has 8 heteroatoms. The summed E-state index contributed by atoms with van der Waals surface area (Å²) < 4.78 is 25.5. The number of nitrogens with zero attached hydrogens (tertiary/aromatic N) is 1. The van der Waals surface area contributed by atoms with Gasteiger partial charge < -0.3 is 5.32 Å². The van der Waals surface area contributed by atoms with Gasteiger partial charge in [-0.25, -0.2) is 8.42 Å². The number of nitrogens with one attached hydrogen (secondary N) is 1. The van der Waals surface area contributed by atoms with E-state index in [1.54, 1.807) is 25.1 Å². The van der Waals surface area contributed by atoms with Crippen molar-refractivity contribution < 1.29 is 18.1 Å². The smallest absolute Gasteiger partial charge is 0.271 e. The van der Waals surface area contributed by atoms with Gasteiger partial charge in [-0.05, 0) is 62.4 Å². The Kier molecular flexibility index (Phi) is 5.49. The predicted molar refractivity (Wildman–Crippen MR) is 111 cm³/mol. The van der Waals surface area contributed by atoms with Crippen LogP contribution >= 0.6 is 0 Å². The van der Waals surface area contributed by atoms with Crippen LogP contribution in [0.2, 0.25) is 0 Å². The lowest BCUT2D eigenvalue weighted by Crippen LogP contribution is -2.47. The lowest BCUT2D eigenvalue weighted by Gasteiger charge is -2.28. The molecule has 0 atom stereocenters. The van der Waals surface area contributed by atoms with Crippen LogP contribution in [0.4, 0.5) is 11.4 Å². The van der Waals surface area contributed by atoms with Crippen LogP contribution in [0, 0.1) is 30.9 Å². The molecule has 1 fully saturated rings. The van der Waals surface area contributed by atoms with Crippen LogP contribution in [0.5, 0.6) is 0 Å². The second-order valence-electron chi connectivity index (χ2n) is 7.66. The molecule has 0 bridgehead atoms. The Balaban J connectivity index is 2.03. The minimum absolute atomic E-state index is 0.133. The number of non-ortho nitro benzene ring substituents is 1. The van der Waals surface area contributed by atoms with E-state index < -0.39 is 25.4 Å². The molecule has 0 spiro atoms. The highest BCUT2D eigenvalue weighted by atomic mass is 32.2. The van der Waals surface area contributed by atoms with Gasteiger partial charge in [-0.2, -0.15) is 0 Å². The third-order valence-electron chi connectivity index (χ3n) is 5.81. The van der Waals surface area contributed by atoms with E-state index in [9.17, 15) is 23.3 Å². The van der Waals surface area contributed by atoms with Gasteiger partial charge in [-0.1, -0.05) is 25.0 Å². The van der Waals surface area contributed by atoms with Gasteiger partial charge in [-0.15, -0.1) is 0 Å². The number of carbonyl (C=O) groups excluding carboxylic acids is 1. The number of anilines is 1. The number of aryl methyl sites for hydroxylation is 3. The van der Waals surface area contributed by atoms with Crippen LogP contribution in [-0.4, -0.2) is 24.0 Å². The summed E-state index contributed by atoms with van der Waals surface area (Å²) in [5, 5.41) is 13.7.